The topological polar surface area (TPSA) is 96.5 Å². The van der Waals surface area contributed by atoms with Gasteiger partial charge in [-0.25, -0.2) is 14.6 Å². The molecule has 27 heavy (non-hydrogen) atoms. The molecule has 1 N–H and O–H groups in total. The van der Waals surface area contributed by atoms with Crippen LogP contribution in [0.3, 0.4) is 0 Å². The van der Waals surface area contributed by atoms with Gasteiger partial charge in [0, 0.05) is 5.69 Å². The third-order valence-electron chi connectivity index (χ3n) is 3.84. The van der Waals surface area contributed by atoms with Crippen molar-refractivity contribution in [3.8, 4) is 11.8 Å². The van der Waals surface area contributed by atoms with Gasteiger partial charge in [-0.15, -0.1) is 0 Å². The molecule has 1 aromatic carbocycles. The van der Waals surface area contributed by atoms with E-state index in [1.165, 1.54) is 24.3 Å². The number of amides is 1. The fourth-order valence-electron chi connectivity index (χ4n) is 2.48. The van der Waals surface area contributed by atoms with Crippen LogP contribution in [0.15, 0.2) is 53.9 Å². The minimum absolute atomic E-state index is 0.201. The molecule has 3 aromatic rings. The van der Waals surface area contributed by atoms with Gasteiger partial charge in [0.15, 0.2) is 5.82 Å². The summed E-state index contributed by atoms with van der Waals surface area (Å²) in [5.41, 5.74) is 1.92. The predicted molar refractivity (Wildman–Crippen MR) is 104 cm³/mol. The van der Waals surface area contributed by atoms with Crippen molar-refractivity contribution in [3.05, 3.63) is 60.2 Å². The summed E-state index contributed by atoms with van der Waals surface area (Å²) in [5.74, 6) is 0.166. The molecule has 0 fully saturated rings. The van der Waals surface area contributed by atoms with E-state index in [9.17, 15) is 10.1 Å². The Kier molecular flexibility index (Phi) is 5.84. The van der Waals surface area contributed by atoms with Gasteiger partial charge in [0.1, 0.15) is 23.0 Å². The normalized spacial score (nSPS) is 11.6. The molecular weight excluding hydrogens is 360 g/mol. The van der Waals surface area contributed by atoms with E-state index in [1.807, 2.05) is 50.2 Å². The van der Waals surface area contributed by atoms with E-state index in [4.69, 9.17) is 0 Å². The maximum Gasteiger partial charge on any atom is 0.239 e. The molecule has 1 atom stereocenters. The lowest BCUT2D eigenvalue weighted by Crippen LogP contribution is -2.26. The molecular formula is C19H18N6OS. The van der Waals surface area contributed by atoms with Gasteiger partial charge in [0.05, 0.1) is 17.1 Å². The van der Waals surface area contributed by atoms with E-state index in [-0.39, 0.29) is 11.2 Å². The highest BCUT2D eigenvalue weighted by Crippen LogP contribution is 2.26. The second kappa shape index (κ2) is 8.47. The largest absolute Gasteiger partial charge is 0.308 e. The Balaban J connectivity index is 1.84. The van der Waals surface area contributed by atoms with E-state index in [2.05, 4.69) is 26.5 Å². The Labute approximate surface area is 161 Å². The molecule has 0 aliphatic rings. The lowest BCUT2D eigenvalue weighted by molar-refractivity contribution is -0.115. The summed E-state index contributed by atoms with van der Waals surface area (Å²) in [7, 11) is 0. The highest BCUT2D eigenvalue weighted by Gasteiger charge is 2.22. The van der Waals surface area contributed by atoms with Gasteiger partial charge in [-0.3, -0.25) is 4.79 Å². The number of thioether (sulfide) groups is 1. The molecule has 3 rings (SSSR count). The first-order chi connectivity index (χ1) is 13.1. The molecule has 1 unspecified atom stereocenters. The number of nitrogens with zero attached hydrogens (tertiary/aromatic N) is 5. The number of hydrogen-bond donors (Lipinski definition) is 1. The molecule has 2 heterocycles. The van der Waals surface area contributed by atoms with E-state index in [0.29, 0.717) is 17.8 Å². The van der Waals surface area contributed by atoms with Crippen LogP contribution in [0.1, 0.15) is 24.6 Å². The second-order valence-corrected chi connectivity index (χ2v) is 6.99. The van der Waals surface area contributed by atoms with Crippen LogP contribution in [0.2, 0.25) is 0 Å². The van der Waals surface area contributed by atoms with Crippen LogP contribution >= 0.6 is 11.8 Å². The highest BCUT2D eigenvalue weighted by molar-refractivity contribution is 8.00. The quantitative estimate of drug-likeness (QED) is 0.522. The smallest absolute Gasteiger partial charge is 0.239 e. The van der Waals surface area contributed by atoms with Gasteiger partial charge in [0.2, 0.25) is 5.91 Å². The molecule has 0 spiro atoms. The van der Waals surface area contributed by atoms with Crippen LogP contribution in [0.5, 0.6) is 0 Å². The minimum atomic E-state index is -0.357. The number of benzene rings is 1. The lowest BCUT2D eigenvalue weighted by Gasteiger charge is -2.15. The van der Waals surface area contributed by atoms with Crippen LogP contribution in [-0.4, -0.2) is 30.9 Å². The monoisotopic (exact) mass is 378 g/mol. The Hall–Kier alpha value is -3.18. The number of aromatic nitrogens is 4. The fourth-order valence-corrected chi connectivity index (χ4v) is 3.45. The standard InChI is InChI=1S/C19H18N6OS/c1-3-16(27-17-9-13(2)21-12-22-17)19(26)24-18-14(10-20)11-23-25(18)15-7-5-4-6-8-15/h4-9,11-12,16H,3H2,1-2H3,(H,24,26). The average Bonchev–Trinajstić information content (AvgIpc) is 3.09. The third kappa shape index (κ3) is 4.33. The first-order valence-electron chi connectivity index (χ1n) is 8.42. The lowest BCUT2D eigenvalue weighted by atomic mass is 10.3. The SMILES string of the molecule is CCC(Sc1cc(C)ncn1)C(=O)Nc1c(C#N)cnn1-c1ccccc1. The van der Waals surface area contributed by atoms with E-state index < -0.39 is 0 Å². The predicted octanol–water partition coefficient (Wildman–Crippen LogP) is 3.35. The summed E-state index contributed by atoms with van der Waals surface area (Å²) in [6.45, 7) is 3.81. The summed E-state index contributed by atoms with van der Waals surface area (Å²) in [6.07, 6.45) is 3.55. The third-order valence-corrected chi connectivity index (χ3v) is 5.13. The van der Waals surface area contributed by atoms with Crippen LogP contribution in [-0.2, 0) is 4.79 Å². The van der Waals surface area contributed by atoms with Crippen LogP contribution in [0, 0.1) is 18.3 Å². The number of nitrogens with one attached hydrogen (secondary N) is 1. The van der Waals surface area contributed by atoms with Crippen molar-refractivity contribution < 1.29 is 4.79 Å². The summed E-state index contributed by atoms with van der Waals surface area (Å²) in [5, 5.41) is 16.9. The number of anilines is 1. The first kappa shape index (κ1) is 18.6. The van der Waals surface area contributed by atoms with Crippen LogP contribution in [0.4, 0.5) is 5.82 Å². The number of para-hydroxylation sites is 1. The zero-order chi connectivity index (χ0) is 19.2. The zero-order valence-electron chi connectivity index (χ0n) is 15.0. The fraction of sp³-hybridized carbons (Fsp3) is 0.211. The van der Waals surface area contributed by atoms with Crippen molar-refractivity contribution in [2.75, 3.05) is 5.32 Å². The second-order valence-electron chi connectivity index (χ2n) is 5.77. The van der Waals surface area contributed by atoms with Crippen molar-refractivity contribution in [2.24, 2.45) is 0 Å². The molecule has 0 aliphatic carbocycles. The van der Waals surface area contributed by atoms with E-state index in [0.717, 1.165) is 16.4 Å². The average molecular weight is 378 g/mol. The first-order valence-corrected chi connectivity index (χ1v) is 9.30. The molecule has 0 aliphatic heterocycles. The molecule has 136 valence electrons. The van der Waals surface area contributed by atoms with Gasteiger partial charge in [0.25, 0.3) is 0 Å². The number of carbonyl (C=O) groups excluding carboxylic acids is 1. The summed E-state index contributed by atoms with van der Waals surface area (Å²) in [6, 6.07) is 13.3. The number of carbonyl (C=O) groups is 1. The molecule has 2 aromatic heterocycles. The number of rotatable bonds is 6. The van der Waals surface area contributed by atoms with Crippen molar-refractivity contribution in [1.29, 1.82) is 5.26 Å². The van der Waals surface area contributed by atoms with Crippen LogP contribution in [0.25, 0.3) is 5.69 Å². The van der Waals surface area contributed by atoms with Gasteiger partial charge in [-0.1, -0.05) is 36.9 Å². The summed E-state index contributed by atoms with van der Waals surface area (Å²) in [4.78, 5) is 21.1. The van der Waals surface area contributed by atoms with Gasteiger partial charge in [-0.2, -0.15) is 10.4 Å². The molecule has 7 nitrogen and oxygen atoms in total. The van der Waals surface area contributed by atoms with Crippen molar-refractivity contribution in [3.63, 3.8) is 0 Å². The van der Waals surface area contributed by atoms with E-state index in [1.54, 1.807) is 4.68 Å². The van der Waals surface area contributed by atoms with Gasteiger partial charge < -0.3 is 5.32 Å². The number of aryl methyl sites for hydroxylation is 1. The maximum absolute atomic E-state index is 12.9. The molecule has 0 saturated carbocycles. The maximum atomic E-state index is 12.9. The molecule has 0 bridgehead atoms. The Morgan fingerprint density at radius 1 is 1.33 bits per heavy atom. The molecule has 8 heteroatoms. The summed E-state index contributed by atoms with van der Waals surface area (Å²) >= 11 is 1.37. The minimum Gasteiger partial charge on any atom is -0.308 e. The number of nitriles is 1. The van der Waals surface area contributed by atoms with E-state index >= 15 is 0 Å². The van der Waals surface area contributed by atoms with Gasteiger partial charge in [-0.05, 0) is 31.5 Å². The number of hydrogen-bond acceptors (Lipinski definition) is 6. The summed E-state index contributed by atoms with van der Waals surface area (Å²) < 4.78 is 1.56. The Morgan fingerprint density at radius 2 is 2.11 bits per heavy atom. The highest BCUT2D eigenvalue weighted by atomic mass is 32.2. The van der Waals surface area contributed by atoms with Crippen molar-refractivity contribution in [2.45, 2.75) is 30.5 Å². The van der Waals surface area contributed by atoms with Crippen LogP contribution < -0.4 is 5.32 Å². The van der Waals surface area contributed by atoms with Crippen molar-refractivity contribution >= 4 is 23.5 Å². The Morgan fingerprint density at radius 3 is 2.78 bits per heavy atom. The molecule has 1 amide bonds. The Bertz CT molecular complexity index is 979. The van der Waals surface area contributed by atoms with Crippen molar-refractivity contribution in [1.82, 2.24) is 19.7 Å². The van der Waals surface area contributed by atoms with Gasteiger partial charge >= 0.3 is 0 Å². The molecule has 0 saturated heterocycles. The zero-order valence-corrected chi connectivity index (χ0v) is 15.8. The molecule has 0 radical (unpaired) electrons.